The first-order valence-corrected chi connectivity index (χ1v) is 6.41. The van der Waals surface area contributed by atoms with Crippen LogP contribution in [0.1, 0.15) is 36.8 Å². The smallest absolute Gasteiger partial charge is 0.124 e. The molecular formula is C14H19NO. The van der Waals surface area contributed by atoms with Gasteiger partial charge in [-0.05, 0) is 50.3 Å². The van der Waals surface area contributed by atoms with E-state index in [1.807, 2.05) is 0 Å². The van der Waals surface area contributed by atoms with Crippen LogP contribution in [-0.2, 0) is 13.0 Å². The van der Waals surface area contributed by atoms with E-state index in [0.29, 0.717) is 6.10 Å². The largest absolute Gasteiger partial charge is 0.490 e. The van der Waals surface area contributed by atoms with E-state index in [0.717, 1.165) is 25.3 Å². The first-order valence-electron chi connectivity index (χ1n) is 6.41. The van der Waals surface area contributed by atoms with E-state index in [4.69, 9.17) is 4.74 Å². The summed E-state index contributed by atoms with van der Waals surface area (Å²) in [5, 5.41) is 3.43. The summed E-state index contributed by atoms with van der Waals surface area (Å²) in [7, 11) is 0. The van der Waals surface area contributed by atoms with Crippen molar-refractivity contribution in [2.45, 2.75) is 44.8 Å². The van der Waals surface area contributed by atoms with Crippen molar-refractivity contribution in [2.75, 3.05) is 6.54 Å². The second-order valence-electron chi connectivity index (χ2n) is 4.84. The number of benzene rings is 1. The van der Waals surface area contributed by atoms with Crippen molar-refractivity contribution in [2.24, 2.45) is 0 Å². The normalized spacial score (nSPS) is 20.8. The lowest BCUT2D eigenvalue weighted by Gasteiger charge is -2.22. The van der Waals surface area contributed by atoms with Crippen LogP contribution in [0.4, 0.5) is 0 Å². The molecule has 3 rings (SSSR count). The Morgan fingerprint density at radius 1 is 1.19 bits per heavy atom. The topological polar surface area (TPSA) is 21.3 Å². The minimum absolute atomic E-state index is 0.466. The summed E-state index contributed by atoms with van der Waals surface area (Å²) < 4.78 is 6.13. The van der Waals surface area contributed by atoms with Crippen LogP contribution in [0.3, 0.4) is 0 Å². The third kappa shape index (κ3) is 1.94. The molecule has 0 aromatic heterocycles. The van der Waals surface area contributed by atoms with Crippen LogP contribution in [-0.4, -0.2) is 12.6 Å². The third-order valence-electron chi connectivity index (χ3n) is 3.70. The van der Waals surface area contributed by atoms with E-state index >= 15 is 0 Å². The lowest BCUT2D eigenvalue weighted by molar-refractivity contribution is 0.207. The van der Waals surface area contributed by atoms with Gasteiger partial charge in [0.25, 0.3) is 0 Å². The van der Waals surface area contributed by atoms with Crippen molar-refractivity contribution in [3.8, 4) is 5.75 Å². The molecule has 86 valence electrons. The molecule has 1 saturated carbocycles. The maximum absolute atomic E-state index is 6.13. The molecule has 0 radical (unpaired) electrons. The van der Waals surface area contributed by atoms with Gasteiger partial charge in [-0.3, -0.25) is 0 Å². The van der Waals surface area contributed by atoms with Crippen molar-refractivity contribution in [3.63, 3.8) is 0 Å². The van der Waals surface area contributed by atoms with Crippen LogP contribution in [0.15, 0.2) is 18.2 Å². The standard InChI is InChI=1S/C14H19NO/c1-2-6-12(5-1)16-14-7-3-4-11-8-9-15-10-13(11)14/h3-4,7,12,15H,1-2,5-6,8-10H2. The SMILES string of the molecule is c1cc2c(c(OC3CCCC3)c1)CNCC2. The highest BCUT2D eigenvalue weighted by Crippen LogP contribution is 2.29. The van der Waals surface area contributed by atoms with E-state index in [1.54, 1.807) is 0 Å². The van der Waals surface area contributed by atoms with E-state index in [1.165, 1.54) is 36.8 Å². The molecule has 1 aromatic rings. The second kappa shape index (κ2) is 4.46. The van der Waals surface area contributed by atoms with Gasteiger partial charge in [0, 0.05) is 12.1 Å². The highest BCUT2D eigenvalue weighted by Gasteiger charge is 2.19. The van der Waals surface area contributed by atoms with Crippen LogP contribution < -0.4 is 10.1 Å². The summed E-state index contributed by atoms with van der Waals surface area (Å²) >= 11 is 0. The van der Waals surface area contributed by atoms with Gasteiger partial charge in [0.05, 0.1) is 6.10 Å². The molecular weight excluding hydrogens is 198 g/mol. The lowest BCUT2D eigenvalue weighted by Crippen LogP contribution is -2.25. The Hall–Kier alpha value is -1.02. The molecule has 2 aliphatic rings. The summed E-state index contributed by atoms with van der Waals surface area (Å²) in [5.41, 5.74) is 2.86. The van der Waals surface area contributed by atoms with Gasteiger partial charge in [-0.25, -0.2) is 0 Å². The molecule has 0 saturated heterocycles. The van der Waals surface area contributed by atoms with Crippen molar-refractivity contribution in [1.29, 1.82) is 0 Å². The molecule has 1 aliphatic carbocycles. The van der Waals surface area contributed by atoms with Crippen LogP contribution in [0.5, 0.6) is 5.75 Å². The zero-order chi connectivity index (χ0) is 10.8. The van der Waals surface area contributed by atoms with Gasteiger partial charge in [0.1, 0.15) is 5.75 Å². The van der Waals surface area contributed by atoms with Crippen LogP contribution in [0.2, 0.25) is 0 Å². The number of nitrogens with one attached hydrogen (secondary N) is 1. The van der Waals surface area contributed by atoms with E-state index in [2.05, 4.69) is 23.5 Å². The maximum Gasteiger partial charge on any atom is 0.124 e. The van der Waals surface area contributed by atoms with Gasteiger partial charge in [0.2, 0.25) is 0 Å². The van der Waals surface area contributed by atoms with Crippen LogP contribution in [0, 0.1) is 0 Å². The van der Waals surface area contributed by atoms with E-state index in [9.17, 15) is 0 Å². The summed E-state index contributed by atoms with van der Waals surface area (Å²) in [4.78, 5) is 0. The van der Waals surface area contributed by atoms with Gasteiger partial charge >= 0.3 is 0 Å². The zero-order valence-corrected chi connectivity index (χ0v) is 9.67. The molecule has 0 amide bonds. The molecule has 1 N–H and O–H groups in total. The average Bonchev–Trinajstić information content (AvgIpc) is 2.82. The summed E-state index contributed by atoms with van der Waals surface area (Å²) in [6, 6.07) is 6.50. The Kier molecular flexibility index (Phi) is 2.83. The number of fused-ring (bicyclic) bond motifs is 1. The maximum atomic E-state index is 6.13. The minimum atomic E-state index is 0.466. The van der Waals surface area contributed by atoms with E-state index < -0.39 is 0 Å². The number of rotatable bonds is 2. The summed E-state index contributed by atoms with van der Waals surface area (Å²) in [6.45, 7) is 2.07. The minimum Gasteiger partial charge on any atom is -0.490 e. The van der Waals surface area contributed by atoms with Crippen molar-refractivity contribution in [1.82, 2.24) is 5.32 Å². The van der Waals surface area contributed by atoms with Gasteiger partial charge in [-0.1, -0.05) is 12.1 Å². The predicted molar refractivity (Wildman–Crippen MR) is 64.7 cm³/mol. The average molecular weight is 217 g/mol. The first kappa shape index (κ1) is 10.2. The van der Waals surface area contributed by atoms with Gasteiger partial charge in [0.15, 0.2) is 0 Å². The fourth-order valence-electron chi connectivity index (χ4n) is 2.78. The predicted octanol–water partition coefficient (Wildman–Crippen LogP) is 2.65. The molecule has 1 aromatic carbocycles. The van der Waals surface area contributed by atoms with Crippen molar-refractivity contribution >= 4 is 0 Å². The molecule has 0 bridgehead atoms. The Labute approximate surface area is 97.0 Å². The van der Waals surface area contributed by atoms with Gasteiger partial charge in [-0.2, -0.15) is 0 Å². The molecule has 1 aliphatic heterocycles. The first-order chi connectivity index (χ1) is 7.93. The number of hydrogen-bond acceptors (Lipinski definition) is 2. The number of hydrogen-bond donors (Lipinski definition) is 1. The Morgan fingerprint density at radius 3 is 2.94 bits per heavy atom. The summed E-state index contributed by atoms with van der Waals surface area (Å²) in [5.74, 6) is 1.12. The second-order valence-corrected chi connectivity index (χ2v) is 4.84. The number of ether oxygens (including phenoxy) is 1. The van der Waals surface area contributed by atoms with Crippen LogP contribution >= 0.6 is 0 Å². The highest BCUT2D eigenvalue weighted by molar-refractivity contribution is 5.41. The Morgan fingerprint density at radius 2 is 2.06 bits per heavy atom. The molecule has 0 unspecified atom stereocenters. The van der Waals surface area contributed by atoms with Gasteiger partial charge in [-0.15, -0.1) is 0 Å². The molecule has 16 heavy (non-hydrogen) atoms. The summed E-state index contributed by atoms with van der Waals surface area (Å²) in [6.07, 6.45) is 6.73. The Bertz CT molecular complexity index is 369. The van der Waals surface area contributed by atoms with Crippen LogP contribution in [0.25, 0.3) is 0 Å². The molecule has 2 heteroatoms. The molecule has 0 atom stereocenters. The monoisotopic (exact) mass is 217 g/mol. The van der Waals surface area contributed by atoms with Gasteiger partial charge < -0.3 is 10.1 Å². The Balaban J connectivity index is 1.82. The lowest BCUT2D eigenvalue weighted by atomic mass is 10.0. The fourth-order valence-corrected chi connectivity index (χ4v) is 2.78. The third-order valence-corrected chi connectivity index (χ3v) is 3.70. The molecule has 1 fully saturated rings. The zero-order valence-electron chi connectivity index (χ0n) is 9.67. The van der Waals surface area contributed by atoms with Crippen molar-refractivity contribution < 1.29 is 4.74 Å². The fraction of sp³-hybridized carbons (Fsp3) is 0.571. The molecule has 1 heterocycles. The quantitative estimate of drug-likeness (QED) is 0.822. The van der Waals surface area contributed by atoms with Crippen molar-refractivity contribution in [3.05, 3.63) is 29.3 Å². The van der Waals surface area contributed by atoms with E-state index in [-0.39, 0.29) is 0 Å². The molecule has 2 nitrogen and oxygen atoms in total. The highest BCUT2D eigenvalue weighted by atomic mass is 16.5. The molecule has 0 spiro atoms.